The number of rotatable bonds is 8. The minimum atomic E-state index is 0.455. The van der Waals surface area contributed by atoms with Crippen LogP contribution in [-0.2, 0) is 13.1 Å². The minimum Gasteiger partial charge on any atom is -0.493 e. The van der Waals surface area contributed by atoms with Crippen molar-refractivity contribution in [2.24, 2.45) is 4.99 Å². The van der Waals surface area contributed by atoms with Gasteiger partial charge in [-0.3, -0.25) is 4.99 Å². The quantitative estimate of drug-likeness (QED) is 0.433. The van der Waals surface area contributed by atoms with Crippen LogP contribution in [0.2, 0.25) is 0 Å². The number of thiophene rings is 1. The van der Waals surface area contributed by atoms with Gasteiger partial charge in [-0.05, 0) is 29.1 Å². The van der Waals surface area contributed by atoms with E-state index in [0.717, 1.165) is 18.1 Å². The minimum absolute atomic E-state index is 0.455. The zero-order valence-electron chi connectivity index (χ0n) is 16.6. The first-order valence-electron chi connectivity index (χ1n) is 9.04. The molecule has 29 heavy (non-hydrogen) atoms. The molecule has 0 aliphatic rings. The summed E-state index contributed by atoms with van der Waals surface area (Å²) < 4.78 is 16.6. The number of pyridine rings is 1. The van der Waals surface area contributed by atoms with Crippen LogP contribution in [0.15, 0.2) is 59.0 Å². The van der Waals surface area contributed by atoms with Crippen molar-refractivity contribution >= 4 is 17.3 Å². The van der Waals surface area contributed by atoms with E-state index in [0.29, 0.717) is 29.7 Å². The molecule has 0 amide bonds. The second-order valence-corrected chi connectivity index (χ2v) is 6.99. The monoisotopic (exact) mass is 412 g/mol. The average molecular weight is 413 g/mol. The van der Waals surface area contributed by atoms with Crippen LogP contribution in [0.4, 0.5) is 0 Å². The molecule has 0 radical (unpaired) electrons. The van der Waals surface area contributed by atoms with Crippen molar-refractivity contribution in [3.63, 3.8) is 0 Å². The van der Waals surface area contributed by atoms with Crippen LogP contribution in [0, 0.1) is 0 Å². The van der Waals surface area contributed by atoms with Gasteiger partial charge in [-0.15, -0.1) is 11.3 Å². The summed E-state index contributed by atoms with van der Waals surface area (Å²) in [5.74, 6) is 2.85. The predicted molar refractivity (Wildman–Crippen MR) is 115 cm³/mol. The van der Waals surface area contributed by atoms with Gasteiger partial charge in [0.2, 0.25) is 11.6 Å². The van der Waals surface area contributed by atoms with E-state index in [-0.39, 0.29) is 0 Å². The van der Waals surface area contributed by atoms with Gasteiger partial charge < -0.3 is 24.8 Å². The maximum Gasteiger partial charge on any atom is 0.219 e. The number of nitrogens with zero attached hydrogens (tertiary/aromatic N) is 2. The molecule has 2 N–H and O–H groups in total. The van der Waals surface area contributed by atoms with Crippen molar-refractivity contribution in [1.29, 1.82) is 0 Å². The molecule has 2 heterocycles. The van der Waals surface area contributed by atoms with Crippen LogP contribution in [0.3, 0.4) is 0 Å². The van der Waals surface area contributed by atoms with Gasteiger partial charge in [-0.2, -0.15) is 0 Å². The molecule has 2 aromatic heterocycles. The van der Waals surface area contributed by atoms with Gasteiger partial charge in [-0.25, -0.2) is 4.98 Å². The molecular formula is C21H24N4O3S. The van der Waals surface area contributed by atoms with E-state index in [9.17, 15) is 0 Å². The Morgan fingerprint density at radius 3 is 2.34 bits per heavy atom. The first-order chi connectivity index (χ1) is 14.2. The van der Waals surface area contributed by atoms with Crippen molar-refractivity contribution in [2.75, 3.05) is 21.3 Å². The van der Waals surface area contributed by atoms with Gasteiger partial charge in [0.15, 0.2) is 17.5 Å². The second kappa shape index (κ2) is 10.3. The van der Waals surface area contributed by atoms with Crippen molar-refractivity contribution in [2.45, 2.75) is 13.1 Å². The standard InChI is InChI=1S/C21H24N4O3S/c1-22-21(25-14-16-6-5-11-29-16)24-13-15-9-10-19(23-12-15)28-20-17(26-2)7-4-8-18(20)27-3/h4-12H,13-14H2,1-3H3,(H2,22,24,25). The largest absolute Gasteiger partial charge is 0.493 e. The van der Waals surface area contributed by atoms with Crippen molar-refractivity contribution in [3.05, 3.63) is 64.5 Å². The van der Waals surface area contributed by atoms with E-state index in [1.165, 1.54) is 4.88 Å². The number of methoxy groups -OCH3 is 2. The third-order valence-electron chi connectivity index (χ3n) is 4.08. The molecule has 3 aromatic rings. The third kappa shape index (κ3) is 5.61. The van der Waals surface area contributed by atoms with Gasteiger partial charge in [0.1, 0.15) is 0 Å². The van der Waals surface area contributed by atoms with Crippen LogP contribution < -0.4 is 24.8 Å². The summed E-state index contributed by atoms with van der Waals surface area (Å²) >= 11 is 1.71. The first kappa shape index (κ1) is 20.5. The number of aliphatic imine (C=N–C) groups is 1. The molecule has 0 spiro atoms. The summed E-state index contributed by atoms with van der Waals surface area (Å²) in [5.41, 5.74) is 1.00. The number of para-hydroxylation sites is 1. The Balaban J connectivity index is 1.58. The highest BCUT2D eigenvalue weighted by atomic mass is 32.1. The Kier molecular flexibility index (Phi) is 7.29. The van der Waals surface area contributed by atoms with Crippen LogP contribution in [0.1, 0.15) is 10.4 Å². The summed E-state index contributed by atoms with van der Waals surface area (Å²) in [6.45, 7) is 1.33. The number of hydrogen-bond acceptors (Lipinski definition) is 6. The lowest BCUT2D eigenvalue weighted by atomic mass is 10.3. The highest BCUT2D eigenvalue weighted by Crippen LogP contribution is 2.39. The summed E-state index contributed by atoms with van der Waals surface area (Å²) in [6, 6.07) is 13.3. The average Bonchev–Trinajstić information content (AvgIpc) is 3.28. The topological polar surface area (TPSA) is 77.0 Å². The summed E-state index contributed by atoms with van der Waals surface area (Å²) in [4.78, 5) is 9.88. The van der Waals surface area contributed by atoms with E-state index in [4.69, 9.17) is 14.2 Å². The zero-order chi connectivity index (χ0) is 20.5. The van der Waals surface area contributed by atoms with E-state index in [1.54, 1.807) is 38.8 Å². The Morgan fingerprint density at radius 1 is 1.00 bits per heavy atom. The molecular weight excluding hydrogens is 388 g/mol. The lowest BCUT2D eigenvalue weighted by Crippen LogP contribution is -2.36. The first-order valence-corrected chi connectivity index (χ1v) is 9.92. The lowest BCUT2D eigenvalue weighted by Gasteiger charge is -2.14. The fourth-order valence-corrected chi connectivity index (χ4v) is 3.23. The maximum atomic E-state index is 5.89. The molecule has 3 rings (SSSR count). The number of benzene rings is 1. The van der Waals surface area contributed by atoms with E-state index in [1.807, 2.05) is 36.4 Å². The van der Waals surface area contributed by atoms with Crippen LogP contribution in [-0.4, -0.2) is 32.2 Å². The van der Waals surface area contributed by atoms with Crippen LogP contribution >= 0.6 is 11.3 Å². The lowest BCUT2D eigenvalue weighted by molar-refractivity contribution is 0.342. The fraction of sp³-hybridized carbons (Fsp3) is 0.238. The Labute approximate surface area is 174 Å². The van der Waals surface area contributed by atoms with Crippen molar-refractivity contribution in [3.8, 4) is 23.1 Å². The molecule has 0 saturated heterocycles. The third-order valence-corrected chi connectivity index (χ3v) is 4.96. The summed E-state index contributed by atoms with van der Waals surface area (Å²) in [6.07, 6.45) is 1.76. The van der Waals surface area contributed by atoms with Crippen molar-refractivity contribution in [1.82, 2.24) is 15.6 Å². The molecule has 0 saturated carbocycles. The molecule has 1 aromatic carbocycles. The molecule has 152 valence electrons. The molecule has 0 fully saturated rings. The molecule has 0 aliphatic heterocycles. The molecule has 0 unspecified atom stereocenters. The van der Waals surface area contributed by atoms with E-state index < -0.39 is 0 Å². The van der Waals surface area contributed by atoms with E-state index >= 15 is 0 Å². The molecule has 0 atom stereocenters. The summed E-state index contributed by atoms with van der Waals surface area (Å²) in [5, 5.41) is 8.62. The fourth-order valence-electron chi connectivity index (χ4n) is 2.59. The van der Waals surface area contributed by atoms with Gasteiger partial charge in [0, 0.05) is 30.7 Å². The number of hydrogen-bond donors (Lipinski definition) is 2. The van der Waals surface area contributed by atoms with Crippen molar-refractivity contribution < 1.29 is 14.2 Å². The van der Waals surface area contributed by atoms with E-state index in [2.05, 4.69) is 32.1 Å². The molecule has 0 aliphatic carbocycles. The smallest absolute Gasteiger partial charge is 0.219 e. The predicted octanol–water partition coefficient (Wildman–Crippen LogP) is 3.82. The number of ether oxygens (including phenoxy) is 3. The second-order valence-electron chi connectivity index (χ2n) is 5.96. The molecule has 0 bridgehead atoms. The summed E-state index contributed by atoms with van der Waals surface area (Å²) in [7, 11) is 4.92. The zero-order valence-corrected chi connectivity index (χ0v) is 17.5. The van der Waals surface area contributed by atoms with Crippen LogP contribution in [0.5, 0.6) is 23.1 Å². The van der Waals surface area contributed by atoms with Gasteiger partial charge in [0.25, 0.3) is 0 Å². The molecule has 7 nitrogen and oxygen atoms in total. The Hall–Kier alpha value is -3.26. The highest BCUT2D eigenvalue weighted by Gasteiger charge is 2.13. The number of guanidine groups is 1. The maximum absolute atomic E-state index is 5.89. The SMILES string of the molecule is CN=C(NCc1ccc(Oc2c(OC)cccc2OC)nc1)NCc1cccs1. The Morgan fingerprint density at radius 2 is 1.76 bits per heavy atom. The number of nitrogens with one attached hydrogen (secondary N) is 2. The van der Waals surface area contributed by atoms with Crippen LogP contribution in [0.25, 0.3) is 0 Å². The van der Waals surface area contributed by atoms with Gasteiger partial charge in [-0.1, -0.05) is 18.2 Å². The van der Waals surface area contributed by atoms with Gasteiger partial charge in [0.05, 0.1) is 20.8 Å². The number of aromatic nitrogens is 1. The molecule has 8 heteroatoms. The Bertz CT molecular complexity index is 905. The van der Waals surface area contributed by atoms with Gasteiger partial charge >= 0.3 is 0 Å². The highest BCUT2D eigenvalue weighted by molar-refractivity contribution is 7.09. The normalized spacial score (nSPS) is 11.1.